The largest absolute Gasteiger partial charge is 0.328 e. The first-order valence-corrected chi connectivity index (χ1v) is 7.27. The van der Waals surface area contributed by atoms with E-state index in [0.717, 1.165) is 5.69 Å². The van der Waals surface area contributed by atoms with Crippen LogP contribution in [-0.2, 0) is 10.0 Å². The molecule has 0 atom stereocenters. The highest BCUT2D eigenvalue weighted by molar-refractivity contribution is 7.90. The van der Waals surface area contributed by atoms with Gasteiger partial charge >= 0.3 is 0 Å². The lowest BCUT2D eigenvalue weighted by Gasteiger charge is -2.18. The van der Waals surface area contributed by atoms with E-state index >= 15 is 0 Å². The monoisotopic (exact) mass is 272 g/mol. The van der Waals surface area contributed by atoms with Crippen molar-refractivity contribution < 1.29 is 8.42 Å². The first-order valence-electron chi connectivity index (χ1n) is 5.83. The number of rotatable bonds is 1. The van der Waals surface area contributed by atoms with Gasteiger partial charge in [0.15, 0.2) is 5.84 Å². The molecule has 3 rings (SSSR count). The molecule has 19 heavy (non-hydrogen) atoms. The summed E-state index contributed by atoms with van der Waals surface area (Å²) in [6, 6.07) is 16.4. The maximum Gasteiger partial charge on any atom is 0.285 e. The minimum Gasteiger partial charge on any atom is -0.328 e. The van der Waals surface area contributed by atoms with Gasteiger partial charge in [0.25, 0.3) is 10.0 Å². The molecule has 1 heterocycles. The Balaban J connectivity index is 2.13. The first kappa shape index (κ1) is 11.9. The summed E-state index contributed by atoms with van der Waals surface area (Å²) in [6.07, 6.45) is 0. The standard InChI is InChI=1S/C14H12N2O2S/c1-16(11-7-3-2-4-8-11)14-12-9-5-6-10-13(12)19(17,18)15-14/h2-10H,1H3. The minimum atomic E-state index is -3.56. The lowest BCUT2D eigenvalue weighted by molar-refractivity contribution is 0.599. The van der Waals surface area contributed by atoms with Crippen molar-refractivity contribution in [2.45, 2.75) is 4.90 Å². The van der Waals surface area contributed by atoms with Gasteiger partial charge < -0.3 is 4.90 Å². The normalized spacial score (nSPS) is 15.7. The van der Waals surface area contributed by atoms with Crippen molar-refractivity contribution in [3.8, 4) is 0 Å². The van der Waals surface area contributed by atoms with Crippen LogP contribution in [0.4, 0.5) is 5.69 Å². The molecule has 0 aliphatic carbocycles. The molecule has 0 spiro atoms. The number of fused-ring (bicyclic) bond motifs is 1. The first-order chi connectivity index (χ1) is 9.09. The third-order valence-corrected chi connectivity index (χ3v) is 4.40. The van der Waals surface area contributed by atoms with Crippen LogP contribution in [0.5, 0.6) is 0 Å². The second-order valence-corrected chi connectivity index (χ2v) is 5.85. The number of anilines is 1. The molecule has 96 valence electrons. The molecule has 0 fully saturated rings. The van der Waals surface area contributed by atoms with Crippen LogP contribution < -0.4 is 4.90 Å². The number of benzene rings is 2. The Morgan fingerprint density at radius 1 is 0.947 bits per heavy atom. The van der Waals surface area contributed by atoms with Gasteiger partial charge in [-0.05, 0) is 24.3 Å². The fourth-order valence-electron chi connectivity index (χ4n) is 2.10. The van der Waals surface area contributed by atoms with E-state index in [-0.39, 0.29) is 4.90 Å². The highest BCUT2D eigenvalue weighted by Crippen LogP contribution is 2.28. The van der Waals surface area contributed by atoms with Crippen molar-refractivity contribution in [2.75, 3.05) is 11.9 Å². The number of hydrogen-bond acceptors (Lipinski definition) is 3. The topological polar surface area (TPSA) is 49.7 Å². The van der Waals surface area contributed by atoms with E-state index in [1.165, 1.54) is 0 Å². The van der Waals surface area contributed by atoms with Gasteiger partial charge in [-0.2, -0.15) is 8.42 Å². The second kappa shape index (κ2) is 4.20. The summed E-state index contributed by atoms with van der Waals surface area (Å²) >= 11 is 0. The van der Waals surface area contributed by atoms with Crippen molar-refractivity contribution >= 4 is 21.5 Å². The number of amidine groups is 1. The summed E-state index contributed by atoms with van der Waals surface area (Å²) in [5, 5.41) is 0. The Labute approximate surface area is 112 Å². The van der Waals surface area contributed by atoms with Crippen molar-refractivity contribution in [1.29, 1.82) is 0 Å². The van der Waals surface area contributed by atoms with Crippen LogP contribution in [0.15, 0.2) is 63.9 Å². The van der Waals surface area contributed by atoms with E-state index in [2.05, 4.69) is 4.40 Å². The fraction of sp³-hybridized carbons (Fsp3) is 0.0714. The molecule has 0 unspecified atom stereocenters. The Morgan fingerprint density at radius 2 is 1.58 bits per heavy atom. The minimum absolute atomic E-state index is 0.271. The van der Waals surface area contributed by atoms with Crippen molar-refractivity contribution in [2.24, 2.45) is 4.40 Å². The molecule has 1 aliphatic heterocycles. The molecule has 0 bridgehead atoms. The zero-order valence-electron chi connectivity index (χ0n) is 10.3. The van der Waals surface area contributed by atoms with E-state index in [1.807, 2.05) is 43.4 Å². The van der Waals surface area contributed by atoms with E-state index in [4.69, 9.17) is 0 Å². The lowest BCUT2D eigenvalue weighted by Crippen LogP contribution is -2.25. The predicted octanol–water partition coefficient (Wildman–Crippen LogP) is 2.27. The molecular formula is C14H12N2O2S. The Bertz CT molecular complexity index is 752. The Kier molecular flexibility index (Phi) is 2.64. The van der Waals surface area contributed by atoms with Gasteiger partial charge in [0.2, 0.25) is 0 Å². The molecule has 2 aromatic carbocycles. The SMILES string of the molecule is CN(C1=NS(=O)(=O)c2ccccc21)c1ccccc1. The maximum absolute atomic E-state index is 12.0. The van der Waals surface area contributed by atoms with Crippen molar-refractivity contribution in [3.05, 3.63) is 60.2 Å². The maximum atomic E-state index is 12.0. The van der Waals surface area contributed by atoms with E-state index in [9.17, 15) is 8.42 Å². The van der Waals surface area contributed by atoms with E-state index in [0.29, 0.717) is 11.4 Å². The lowest BCUT2D eigenvalue weighted by atomic mass is 10.2. The molecule has 0 amide bonds. The summed E-state index contributed by atoms with van der Waals surface area (Å²) in [7, 11) is -1.75. The summed E-state index contributed by atoms with van der Waals surface area (Å²) < 4.78 is 27.8. The van der Waals surface area contributed by atoms with Crippen molar-refractivity contribution in [3.63, 3.8) is 0 Å². The smallest absolute Gasteiger partial charge is 0.285 e. The molecule has 5 heteroatoms. The molecule has 1 aliphatic rings. The van der Waals surface area contributed by atoms with Gasteiger partial charge in [0.1, 0.15) is 4.90 Å². The Hall–Kier alpha value is -2.14. The van der Waals surface area contributed by atoms with Gasteiger partial charge in [0, 0.05) is 18.3 Å². The van der Waals surface area contributed by atoms with Crippen LogP contribution in [0.3, 0.4) is 0 Å². The average Bonchev–Trinajstić information content (AvgIpc) is 2.72. The van der Waals surface area contributed by atoms with Gasteiger partial charge in [-0.25, -0.2) is 0 Å². The van der Waals surface area contributed by atoms with E-state index < -0.39 is 10.0 Å². The third-order valence-electron chi connectivity index (χ3n) is 3.07. The molecule has 0 saturated carbocycles. The zero-order chi connectivity index (χ0) is 13.5. The highest BCUT2D eigenvalue weighted by atomic mass is 32.2. The van der Waals surface area contributed by atoms with Crippen LogP contribution in [-0.4, -0.2) is 21.3 Å². The third kappa shape index (κ3) is 1.92. The average molecular weight is 272 g/mol. The molecular weight excluding hydrogens is 260 g/mol. The van der Waals surface area contributed by atoms with Crippen molar-refractivity contribution in [1.82, 2.24) is 0 Å². The quantitative estimate of drug-likeness (QED) is 0.800. The van der Waals surface area contributed by atoms with Gasteiger partial charge in [-0.1, -0.05) is 30.3 Å². The van der Waals surface area contributed by atoms with Crippen LogP contribution >= 0.6 is 0 Å². The predicted molar refractivity (Wildman–Crippen MR) is 75.0 cm³/mol. The molecule has 4 nitrogen and oxygen atoms in total. The number of para-hydroxylation sites is 1. The number of hydrogen-bond donors (Lipinski definition) is 0. The van der Waals surface area contributed by atoms with Gasteiger partial charge in [0.05, 0.1) is 0 Å². The van der Waals surface area contributed by atoms with E-state index in [1.54, 1.807) is 23.1 Å². The van der Waals surface area contributed by atoms with Crippen LogP contribution in [0.2, 0.25) is 0 Å². The Morgan fingerprint density at radius 3 is 2.32 bits per heavy atom. The summed E-state index contributed by atoms with van der Waals surface area (Å²) in [4.78, 5) is 2.05. The van der Waals surface area contributed by atoms with Crippen LogP contribution in [0, 0.1) is 0 Å². The molecule has 2 aromatic rings. The summed E-state index contributed by atoms with van der Waals surface area (Å²) in [5.74, 6) is 0.460. The zero-order valence-corrected chi connectivity index (χ0v) is 11.1. The van der Waals surface area contributed by atoms with Crippen LogP contribution in [0.1, 0.15) is 5.56 Å². The molecule has 0 N–H and O–H groups in total. The molecule has 0 aromatic heterocycles. The molecule has 0 radical (unpaired) electrons. The number of sulfonamides is 1. The van der Waals surface area contributed by atoms with Crippen LogP contribution in [0.25, 0.3) is 0 Å². The second-order valence-electron chi connectivity index (χ2n) is 4.28. The fourth-order valence-corrected chi connectivity index (χ4v) is 3.34. The van der Waals surface area contributed by atoms with Gasteiger partial charge in [-0.15, -0.1) is 4.40 Å². The summed E-state index contributed by atoms with van der Waals surface area (Å²) in [5.41, 5.74) is 1.54. The number of nitrogens with zero attached hydrogens (tertiary/aromatic N) is 2. The summed E-state index contributed by atoms with van der Waals surface area (Å²) in [6.45, 7) is 0. The molecule has 0 saturated heterocycles. The highest BCUT2D eigenvalue weighted by Gasteiger charge is 2.30. The van der Waals surface area contributed by atoms with Gasteiger partial charge in [-0.3, -0.25) is 0 Å².